The molecule has 0 unspecified atom stereocenters. The van der Waals surface area contributed by atoms with Crippen LogP contribution in [0.4, 0.5) is 10.5 Å². The lowest BCUT2D eigenvalue weighted by Gasteiger charge is -2.19. The van der Waals surface area contributed by atoms with Crippen LogP contribution in [0.1, 0.15) is 16.7 Å². The van der Waals surface area contributed by atoms with E-state index < -0.39 is 0 Å². The number of fused-ring (bicyclic) bond motifs is 1. The largest absolute Gasteiger partial charge is 0.507 e. The average molecular weight is 328 g/mol. The van der Waals surface area contributed by atoms with E-state index in [0.717, 1.165) is 16.7 Å². The van der Waals surface area contributed by atoms with E-state index in [0.29, 0.717) is 42.7 Å². The van der Waals surface area contributed by atoms with Gasteiger partial charge in [-0.15, -0.1) is 0 Å². The maximum atomic E-state index is 12.0. The van der Waals surface area contributed by atoms with E-state index in [1.54, 1.807) is 18.2 Å². The third-order valence-electron chi connectivity index (χ3n) is 3.80. The first-order valence-corrected chi connectivity index (χ1v) is 7.76. The topological polar surface area (TPSA) is 79.8 Å². The quantitative estimate of drug-likeness (QED) is 0.809. The molecule has 3 rings (SSSR count). The number of ether oxygens (including phenoxy) is 2. The van der Waals surface area contributed by atoms with Crippen LogP contribution in [0, 0.1) is 13.8 Å². The van der Waals surface area contributed by atoms with Gasteiger partial charge in [-0.05, 0) is 42.7 Å². The maximum Gasteiger partial charge on any atom is 0.319 e. The number of aryl methyl sites for hydroxylation is 2. The highest BCUT2D eigenvalue weighted by Gasteiger charge is 2.12. The van der Waals surface area contributed by atoms with Gasteiger partial charge in [0, 0.05) is 18.3 Å². The number of benzene rings is 2. The smallest absolute Gasteiger partial charge is 0.319 e. The van der Waals surface area contributed by atoms with Gasteiger partial charge in [0.15, 0.2) is 11.5 Å². The Hall–Kier alpha value is -2.89. The molecule has 126 valence electrons. The first kappa shape index (κ1) is 16.0. The molecule has 0 aromatic heterocycles. The van der Waals surface area contributed by atoms with Crippen LogP contribution in [0.15, 0.2) is 30.3 Å². The predicted octanol–water partition coefficient (Wildman–Crippen LogP) is 3.10. The Morgan fingerprint density at radius 3 is 2.46 bits per heavy atom. The van der Waals surface area contributed by atoms with Crippen LogP contribution in [0.2, 0.25) is 0 Å². The number of amides is 2. The number of anilines is 1. The molecule has 1 heterocycles. The van der Waals surface area contributed by atoms with Gasteiger partial charge in [-0.25, -0.2) is 4.79 Å². The highest BCUT2D eigenvalue weighted by atomic mass is 16.6. The van der Waals surface area contributed by atoms with Crippen molar-refractivity contribution >= 4 is 11.7 Å². The van der Waals surface area contributed by atoms with Crippen LogP contribution >= 0.6 is 0 Å². The summed E-state index contributed by atoms with van der Waals surface area (Å²) in [6.45, 7) is 5.08. The Bertz CT molecular complexity index is 751. The number of nitrogens with one attached hydrogen (secondary N) is 2. The number of urea groups is 1. The van der Waals surface area contributed by atoms with E-state index in [9.17, 15) is 9.90 Å². The predicted molar refractivity (Wildman–Crippen MR) is 90.9 cm³/mol. The Kier molecular flexibility index (Phi) is 4.46. The molecule has 3 N–H and O–H groups in total. The number of hydrogen-bond acceptors (Lipinski definition) is 4. The van der Waals surface area contributed by atoms with Crippen molar-refractivity contribution in [1.82, 2.24) is 5.32 Å². The Balaban J connectivity index is 1.60. The number of aromatic hydroxyl groups is 1. The summed E-state index contributed by atoms with van der Waals surface area (Å²) in [6.07, 6.45) is 0. The zero-order valence-corrected chi connectivity index (χ0v) is 13.7. The molecule has 0 bridgehead atoms. The number of rotatable bonds is 3. The number of hydrogen-bond donors (Lipinski definition) is 3. The van der Waals surface area contributed by atoms with Crippen molar-refractivity contribution < 1.29 is 19.4 Å². The molecule has 0 aliphatic carbocycles. The Morgan fingerprint density at radius 2 is 1.75 bits per heavy atom. The van der Waals surface area contributed by atoms with E-state index in [2.05, 4.69) is 10.6 Å². The van der Waals surface area contributed by atoms with Crippen LogP contribution in [-0.2, 0) is 6.54 Å². The first-order valence-electron chi connectivity index (χ1n) is 7.76. The third kappa shape index (κ3) is 3.53. The fraction of sp³-hybridized carbons (Fsp3) is 0.278. The lowest BCUT2D eigenvalue weighted by molar-refractivity contribution is 0.171. The lowest BCUT2D eigenvalue weighted by atomic mass is 10.1. The minimum atomic E-state index is -0.310. The highest BCUT2D eigenvalue weighted by Crippen LogP contribution is 2.32. The van der Waals surface area contributed by atoms with Crippen LogP contribution in [0.3, 0.4) is 0 Å². The molecule has 0 saturated carbocycles. The molecule has 6 heteroatoms. The molecular formula is C18H20N2O4. The van der Waals surface area contributed by atoms with Gasteiger partial charge in [0.25, 0.3) is 0 Å². The van der Waals surface area contributed by atoms with Crippen molar-refractivity contribution in [2.75, 3.05) is 18.5 Å². The van der Waals surface area contributed by atoms with Gasteiger partial charge in [0.2, 0.25) is 0 Å². The second-order valence-corrected chi connectivity index (χ2v) is 5.74. The van der Waals surface area contributed by atoms with Gasteiger partial charge in [-0.1, -0.05) is 12.1 Å². The van der Waals surface area contributed by atoms with Gasteiger partial charge < -0.3 is 25.2 Å². The van der Waals surface area contributed by atoms with Crippen molar-refractivity contribution in [1.29, 1.82) is 0 Å². The van der Waals surface area contributed by atoms with Gasteiger partial charge in [-0.2, -0.15) is 0 Å². The average Bonchev–Trinajstić information content (AvgIpc) is 2.57. The van der Waals surface area contributed by atoms with Crippen molar-refractivity contribution in [3.8, 4) is 17.2 Å². The SMILES string of the molecule is Cc1cc(CNC(=O)Nc2ccc3c(c2)OCCO3)cc(C)c1O. The van der Waals surface area contributed by atoms with E-state index in [1.807, 2.05) is 26.0 Å². The number of carbonyl (C=O) groups excluding carboxylic acids is 1. The summed E-state index contributed by atoms with van der Waals surface area (Å²) in [4.78, 5) is 12.0. The summed E-state index contributed by atoms with van der Waals surface area (Å²) in [6, 6.07) is 8.68. The van der Waals surface area contributed by atoms with Crippen LogP contribution in [0.5, 0.6) is 17.2 Å². The summed E-state index contributed by atoms with van der Waals surface area (Å²) in [5, 5.41) is 15.3. The molecule has 24 heavy (non-hydrogen) atoms. The standard InChI is InChI=1S/C18H20N2O4/c1-11-7-13(8-12(2)17(11)21)10-19-18(22)20-14-3-4-15-16(9-14)24-6-5-23-15/h3-4,7-9,21H,5-6,10H2,1-2H3,(H2,19,20,22). The molecule has 0 spiro atoms. The maximum absolute atomic E-state index is 12.0. The Labute approximate surface area is 140 Å². The summed E-state index contributed by atoms with van der Waals surface area (Å²) in [7, 11) is 0. The fourth-order valence-corrected chi connectivity index (χ4v) is 2.63. The van der Waals surface area contributed by atoms with Gasteiger partial charge >= 0.3 is 6.03 Å². The van der Waals surface area contributed by atoms with Gasteiger partial charge in [-0.3, -0.25) is 0 Å². The molecule has 6 nitrogen and oxygen atoms in total. The molecule has 1 aliphatic heterocycles. The minimum absolute atomic E-state index is 0.291. The number of phenolic OH excluding ortho intramolecular Hbond substituents is 1. The molecule has 0 saturated heterocycles. The van der Waals surface area contributed by atoms with E-state index in [1.165, 1.54) is 0 Å². The fourth-order valence-electron chi connectivity index (χ4n) is 2.63. The highest BCUT2D eigenvalue weighted by molar-refractivity contribution is 5.89. The lowest BCUT2D eigenvalue weighted by Crippen LogP contribution is -2.28. The summed E-state index contributed by atoms with van der Waals surface area (Å²) in [5.74, 6) is 1.60. The molecule has 0 radical (unpaired) electrons. The molecule has 2 amide bonds. The van der Waals surface area contributed by atoms with E-state index >= 15 is 0 Å². The minimum Gasteiger partial charge on any atom is -0.507 e. The van der Waals surface area contributed by atoms with E-state index in [4.69, 9.17) is 9.47 Å². The molecule has 1 aliphatic rings. The molecule has 2 aromatic rings. The summed E-state index contributed by atoms with van der Waals surface area (Å²) < 4.78 is 10.9. The second kappa shape index (κ2) is 6.70. The van der Waals surface area contributed by atoms with Crippen molar-refractivity contribution in [3.05, 3.63) is 47.0 Å². The number of carbonyl (C=O) groups is 1. The van der Waals surface area contributed by atoms with E-state index in [-0.39, 0.29) is 6.03 Å². The van der Waals surface area contributed by atoms with Gasteiger partial charge in [0.05, 0.1) is 0 Å². The van der Waals surface area contributed by atoms with Crippen molar-refractivity contribution in [2.24, 2.45) is 0 Å². The van der Waals surface area contributed by atoms with Crippen LogP contribution in [0.25, 0.3) is 0 Å². The summed E-state index contributed by atoms with van der Waals surface area (Å²) in [5.41, 5.74) is 3.15. The van der Waals surface area contributed by atoms with Crippen molar-refractivity contribution in [2.45, 2.75) is 20.4 Å². The zero-order valence-electron chi connectivity index (χ0n) is 13.7. The molecule has 0 fully saturated rings. The third-order valence-corrected chi connectivity index (χ3v) is 3.80. The first-order chi connectivity index (χ1) is 11.5. The molecule has 2 aromatic carbocycles. The zero-order chi connectivity index (χ0) is 17.1. The van der Waals surface area contributed by atoms with Crippen molar-refractivity contribution in [3.63, 3.8) is 0 Å². The summed E-state index contributed by atoms with van der Waals surface area (Å²) >= 11 is 0. The van der Waals surface area contributed by atoms with Crippen LogP contribution < -0.4 is 20.1 Å². The normalized spacial score (nSPS) is 12.6. The Morgan fingerprint density at radius 1 is 1.08 bits per heavy atom. The van der Waals surface area contributed by atoms with Gasteiger partial charge in [0.1, 0.15) is 19.0 Å². The molecular weight excluding hydrogens is 308 g/mol. The second-order valence-electron chi connectivity index (χ2n) is 5.74. The molecule has 0 atom stereocenters. The van der Waals surface area contributed by atoms with Crippen LogP contribution in [-0.4, -0.2) is 24.4 Å². The monoisotopic (exact) mass is 328 g/mol. The number of phenols is 1.